The highest BCUT2D eigenvalue weighted by atomic mass is 32.2. The zero-order valence-electron chi connectivity index (χ0n) is 17.0. The number of carbonyl (C=O) groups is 1. The summed E-state index contributed by atoms with van der Waals surface area (Å²) in [4.78, 5) is 12.3. The lowest BCUT2D eigenvalue weighted by molar-refractivity contribution is -0.116. The van der Waals surface area contributed by atoms with Crippen LogP contribution in [0.5, 0.6) is 5.75 Å². The highest BCUT2D eigenvalue weighted by molar-refractivity contribution is 7.89. The van der Waals surface area contributed by atoms with Crippen molar-refractivity contribution in [1.82, 2.24) is 4.31 Å². The Morgan fingerprint density at radius 2 is 1.75 bits per heavy atom. The molecule has 0 saturated carbocycles. The summed E-state index contributed by atoms with van der Waals surface area (Å²) in [6, 6.07) is 11.9. The van der Waals surface area contributed by atoms with Crippen LogP contribution in [0.2, 0.25) is 0 Å². The first-order valence-electron chi connectivity index (χ1n) is 9.19. The predicted octanol–water partition coefficient (Wildman–Crippen LogP) is 3.74. The molecular formula is C21H28N2O4S. The number of benzene rings is 2. The van der Waals surface area contributed by atoms with Gasteiger partial charge in [0.15, 0.2) is 0 Å². The monoisotopic (exact) mass is 404 g/mol. The van der Waals surface area contributed by atoms with Gasteiger partial charge in [-0.3, -0.25) is 4.79 Å². The van der Waals surface area contributed by atoms with Crippen molar-refractivity contribution in [3.05, 3.63) is 53.6 Å². The highest BCUT2D eigenvalue weighted by Crippen LogP contribution is 2.20. The summed E-state index contributed by atoms with van der Waals surface area (Å²) < 4.78 is 31.9. The summed E-state index contributed by atoms with van der Waals surface area (Å²) in [5.74, 6) is 0.571. The minimum absolute atomic E-state index is 0.137. The molecule has 0 aliphatic carbocycles. The average molecular weight is 405 g/mol. The molecule has 0 fully saturated rings. The largest absolute Gasteiger partial charge is 0.493 e. The Kier molecular flexibility index (Phi) is 7.21. The number of carbonyl (C=O) groups excluding carboxylic acids is 1. The molecule has 1 amide bonds. The van der Waals surface area contributed by atoms with Gasteiger partial charge in [-0.15, -0.1) is 0 Å². The molecule has 7 heteroatoms. The van der Waals surface area contributed by atoms with E-state index in [1.54, 1.807) is 19.2 Å². The van der Waals surface area contributed by atoms with Gasteiger partial charge in [0, 0.05) is 18.8 Å². The number of nitrogens with zero attached hydrogens (tertiary/aromatic N) is 1. The van der Waals surface area contributed by atoms with Crippen molar-refractivity contribution in [2.45, 2.75) is 45.1 Å². The van der Waals surface area contributed by atoms with Crippen molar-refractivity contribution in [3.63, 3.8) is 0 Å². The molecule has 0 bridgehead atoms. The molecule has 152 valence electrons. The van der Waals surface area contributed by atoms with E-state index >= 15 is 0 Å². The number of hydrogen-bond acceptors (Lipinski definition) is 4. The van der Waals surface area contributed by atoms with Gasteiger partial charge < -0.3 is 10.1 Å². The fourth-order valence-corrected chi connectivity index (χ4v) is 3.96. The molecule has 0 unspecified atom stereocenters. The number of ether oxygens (including phenoxy) is 1. The van der Waals surface area contributed by atoms with E-state index in [0.717, 1.165) is 16.9 Å². The molecule has 2 aromatic rings. The minimum atomic E-state index is -3.53. The van der Waals surface area contributed by atoms with Gasteiger partial charge in [-0.1, -0.05) is 17.7 Å². The summed E-state index contributed by atoms with van der Waals surface area (Å²) in [6.07, 6.45) is 0.198. The molecule has 0 heterocycles. The SMILES string of the molecule is Cc1ccc(OCCC(=O)Nc2ccc(S(=O)(=O)N(C)C(C)C)cc2)c(C)c1. The van der Waals surface area contributed by atoms with Gasteiger partial charge in [0.25, 0.3) is 0 Å². The third-order valence-electron chi connectivity index (χ3n) is 4.46. The number of hydrogen-bond donors (Lipinski definition) is 1. The molecular weight excluding hydrogens is 376 g/mol. The molecule has 0 aliphatic rings. The van der Waals surface area contributed by atoms with Crippen LogP contribution in [0.15, 0.2) is 47.4 Å². The Bertz CT molecular complexity index is 922. The molecule has 0 saturated heterocycles. The second kappa shape index (κ2) is 9.21. The van der Waals surface area contributed by atoms with E-state index < -0.39 is 10.0 Å². The van der Waals surface area contributed by atoms with E-state index in [4.69, 9.17) is 4.74 Å². The minimum Gasteiger partial charge on any atom is -0.493 e. The maximum atomic E-state index is 12.5. The van der Waals surface area contributed by atoms with Crippen LogP contribution in [0.3, 0.4) is 0 Å². The number of anilines is 1. The lowest BCUT2D eigenvalue weighted by atomic mass is 10.1. The van der Waals surface area contributed by atoms with Gasteiger partial charge in [0.1, 0.15) is 5.75 Å². The lowest BCUT2D eigenvalue weighted by Crippen LogP contribution is -2.33. The molecule has 0 atom stereocenters. The maximum absolute atomic E-state index is 12.5. The second-order valence-corrected chi connectivity index (χ2v) is 9.05. The number of nitrogens with one attached hydrogen (secondary N) is 1. The Morgan fingerprint density at radius 1 is 1.11 bits per heavy atom. The fraction of sp³-hybridized carbons (Fsp3) is 0.381. The molecule has 0 radical (unpaired) electrons. The highest BCUT2D eigenvalue weighted by Gasteiger charge is 2.22. The van der Waals surface area contributed by atoms with E-state index in [2.05, 4.69) is 5.32 Å². The van der Waals surface area contributed by atoms with E-state index in [1.807, 2.05) is 45.9 Å². The molecule has 0 spiro atoms. The van der Waals surface area contributed by atoms with E-state index in [0.29, 0.717) is 5.69 Å². The number of amides is 1. The molecule has 6 nitrogen and oxygen atoms in total. The standard InChI is InChI=1S/C21H28N2O4S/c1-15(2)23(5)28(25,26)19-9-7-18(8-10-19)22-21(24)12-13-27-20-11-6-16(3)14-17(20)4/h6-11,14-15H,12-13H2,1-5H3,(H,22,24). The van der Waals surface area contributed by atoms with Crippen molar-refractivity contribution in [2.24, 2.45) is 0 Å². The van der Waals surface area contributed by atoms with Crippen molar-refractivity contribution in [1.29, 1.82) is 0 Å². The second-order valence-electron chi connectivity index (χ2n) is 7.05. The fourth-order valence-electron chi connectivity index (χ4n) is 2.59. The van der Waals surface area contributed by atoms with Crippen molar-refractivity contribution >= 4 is 21.6 Å². The van der Waals surface area contributed by atoms with Crippen LogP contribution < -0.4 is 10.1 Å². The Hall–Kier alpha value is -2.38. The Labute approximate surface area is 167 Å². The molecule has 28 heavy (non-hydrogen) atoms. The summed E-state index contributed by atoms with van der Waals surface area (Å²) >= 11 is 0. The first-order chi connectivity index (χ1) is 13.1. The Balaban J connectivity index is 1.90. The van der Waals surface area contributed by atoms with Crippen molar-refractivity contribution < 1.29 is 17.9 Å². The molecule has 2 rings (SSSR count). The van der Waals surface area contributed by atoms with E-state index in [1.165, 1.54) is 16.4 Å². The van der Waals surface area contributed by atoms with E-state index in [9.17, 15) is 13.2 Å². The van der Waals surface area contributed by atoms with E-state index in [-0.39, 0.29) is 29.9 Å². The van der Waals surface area contributed by atoms with Crippen LogP contribution in [0.25, 0.3) is 0 Å². The number of aryl methyl sites for hydroxylation is 2. The van der Waals surface area contributed by atoms with Crippen molar-refractivity contribution in [2.75, 3.05) is 19.0 Å². The smallest absolute Gasteiger partial charge is 0.243 e. The molecule has 0 aliphatic heterocycles. The summed E-state index contributed by atoms with van der Waals surface area (Å²) in [7, 11) is -1.99. The van der Waals surface area contributed by atoms with Gasteiger partial charge in [0.05, 0.1) is 17.9 Å². The van der Waals surface area contributed by atoms with Gasteiger partial charge in [-0.2, -0.15) is 4.31 Å². The van der Waals surface area contributed by atoms with Crippen LogP contribution in [0.4, 0.5) is 5.69 Å². The summed E-state index contributed by atoms with van der Waals surface area (Å²) in [6.45, 7) is 7.87. The first kappa shape index (κ1) is 21.9. The van der Waals surface area contributed by atoms with Crippen molar-refractivity contribution in [3.8, 4) is 5.75 Å². The third kappa shape index (κ3) is 5.56. The molecule has 2 aromatic carbocycles. The number of rotatable bonds is 8. The van der Waals surface area contributed by atoms with Gasteiger partial charge in [-0.25, -0.2) is 8.42 Å². The lowest BCUT2D eigenvalue weighted by Gasteiger charge is -2.21. The number of sulfonamides is 1. The molecule has 1 N–H and O–H groups in total. The predicted molar refractivity (Wildman–Crippen MR) is 111 cm³/mol. The summed E-state index contributed by atoms with van der Waals surface area (Å²) in [5, 5.41) is 2.76. The van der Waals surface area contributed by atoms with Crippen LogP contribution in [0, 0.1) is 13.8 Å². The zero-order chi connectivity index (χ0) is 20.9. The first-order valence-corrected chi connectivity index (χ1v) is 10.6. The normalized spacial score (nSPS) is 11.7. The van der Waals surface area contributed by atoms with Crippen LogP contribution in [-0.4, -0.2) is 38.3 Å². The quantitative estimate of drug-likeness (QED) is 0.727. The maximum Gasteiger partial charge on any atom is 0.243 e. The van der Waals surface area contributed by atoms with Crippen LogP contribution in [-0.2, 0) is 14.8 Å². The van der Waals surface area contributed by atoms with Gasteiger partial charge >= 0.3 is 0 Å². The van der Waals surface area contributed by atoms with Crippen LogP contribution in [0.1, 0.15) is 31.4 Å². The van der Waals surface area contributed by atoms with Gasteiger partial charge in [0.2, 0.25) is 15.9 Å². The zero-order valence-corrected chi connectivity index (χ0v) is 17.8. The topological polar surface area (TPSA) is 75.7 Å². The average Bonchev–Trinajstić information content (AvgIpc) is 2.63. The van der Waals surface area contributed by atoms with Gasteiger partial charge in [-0.05, 0) is 63.6 Å². The molecule has 0 aromatic heterocycles. The Morgan fingerprint density at radius 3 is 2.32 bits per heavy atom. The summed E-state index contributed by atoms with van der Waals surface area (Å²) in [5.41, 5.74) is 2.74. The third-order valence-corrected chi connectivity index (χ3v) is 6.51. The van der Waals surface area contributed by atoms with Crippen LogP contribution >= 0.6 is 0 Å².